The molecule has 2 rings (SSSR count). The molecular weight excluding hydrogens is 385 g/mol. The van der Waals surface area contributed by atoms with Crippen molar-refractivity contribution < 1.29 is 18.7 Å². The summed E-state index contributed by atoms with van der Waals surface area (Å²) < 4.78 is 18.5. The van der Waals surface area contributed by atoms with Gasteiger partial charge in [0.2, 0.25) is 5.91 Å². The fraction of sp³-hybridized carbons (Fsp3) is 0.250. The molecular formula is C20H21ClFN3O3. The highest BCUT2D eigenvalue weighted by Gasteiger charge is 2.09. The summed E-state index contributed by atoms with van der Waals surface area (Å²) >= 11 is 5.58. The molecule has 8 heteroatoms. The first-order valence-corrected chi connectivity index (χ1v) is 8.95. The number of benzene rings is 1. The van der Waals surface area contributed by atoms with Crippen molar-refractivity contribution >= 4 is 23.4 Å². The van der Waals surface area contributed by atoms with Crippen LogP contribution in [0.25, 0.3) is 0 Å². The van der Waals surface area contributed by atoms with Crippen molar-refractivity contribution in [2.24, 2.45) is 0 Å². The number of nitrogens with zero attached hydrogens (tertiary/aromatic N) is 1. The third-order valence-electron chi connectivity index (χ3n) is 3.67. The Morgan fingerprint density at radius 1 is 1.21 bits per heavy atom. The largest absolute Gasteiger partial charge is 0.484 e. The lowest BCUT2D eigenvalue weighted by Gasteiger charge is -2.10. The zero-order valence-corrected chi connectivity index (χ0v) is 16.2. The van der Waals surface area contributed by atoms with Crippen LogP contribution in [0.3, 0.4) is 0 Å². The van der Waals surface area contributed by atoms with E-state index in [1.54, 1.807) is 6.20 Å². The van der Waals surface area contributed by atoms with E-state index in [1.165, 1.54) is 12.1 Å². The molecule has 0 saturated heterocycles. The van der Waals surface area contributed by atoms with Crippen molar-refractivity contribution in [1.82, 2.24) is 15.6 Å². The van der Waals surface area contributed by atoms with Crippen LogP contribution in [0, 0.1) is 12.7 Å². The van der Waals surface area contributed by atoms with Crippen molar-refractivity contribution in [2.75, 3.05) is 6.61 Å². The lowest BCUT2D eigenvalue weighted by Crippen LogP contribution is -2.29. The zero-order chi connectivity index (χ0) is 20.5. The number of amides is 2. The molecule has 0 radical (unpaired) electrons. The van der Waals surface area contributed by atoms with Gasteiger partial charge in [-0.25, -0.2) is 4.39 Å². The Morgan fingerprint density at radius 2 is 2.00 bits per heavy atom. The normalized spacial score (nSPS) is 10.2. The molecule has 0 fully saturated rings. The number of halogens is 2. The second-order valence-corrected chi connectivity index (χ2v) is 6.52. The predicted molar refractivity (Wildman–Crippen MR) is 104 cm³/mol. The van der Waals surface area contributed by atoms with E-state index < -0.39 is 11.7 Å². The Hall–Kier alpha value is -2.93. The van der Waals surface area contributed by atoms with Crippen molar-refractivity contribution in [3.8, 4) is 5.75 Å². The van der Waals surface area contributed by atoms with Crippen LogP contribution in [0.1, 0.15) is 24.1 Å². The maximum Gasteiger partial charge on any atom is 0.262 e. The molecule has 2 amide bonds. The molecule has 0 unspecified atom stereocenters. The molecule has 148 valence electrons. The molecule has 28 heavy (non-hydrogen) atoms. The van der Waals surface area contributed by atoms with Gasteiger partial charge in [-0.3, -0.25) is 14.6 Å². The van der Waals surface area contributed by atoms with Crippen LogP contribution < -0.4 is 15.4 Å². The maximum atomic E-state index is 13.3. The first-order valence-electron chi connectivity index (χ1n) is 8.57. The SMILES string of the molecule is C=C(CCC(=O)NCc1cc(C)ccn1)NC(=O)COc1ccc(Cl)c(F)c1. The average molecular weight is 406 g/mol. The van der Waals surface area contributed by atoms with E-state index in [1.807, 2.05) is 19.1 Å². The Bertz CT molecular complexity index is 874. The van der Waals surface area contributed by atoms with Gasteiger partial charge < -0.3 is 15.4 Å². The smallest absolute Gasteiger partial charge is 0.262 e. The van der Waals surface area contributed by atoms with E-state index in [-0.39, 0.29) is 36.1 Å². The summed E-state index contributed by atoms with van der Waals surface area (Å²) in [4.78, 5) is 27.9. The van der Waals surface area contributed by atoms with E-state index in [4.69, 9.17) is 16.3 Å². The van der Waals surface area contributed by atoms with Crippen molar-refractivity contribution in [3.63, 3.8) is 0 Å². The highest BCUT2D eigenvalue weighted by Crippen LogP contribution is 2.20. The third-order valence-corrected chi connectivity index (χ3v) is 3.98. The molecule has 6 nitrogen and oxygen atoms in total. The summed E-state index contributed by atoms with van der Waals surface area (Å²) in [5.41, 5.74) is 2.23. The number of hydrogen-bond donors (Lipinski definition) is 2. The van der Waals surface area contributed by atoms with E-state index in [9.17, 15) is 14.0 Å². The quantitative estimate of drug-likeness (QED) is 0.670. The van der Waals surface area contributed by atoms with Gasteiger partial charge in [0.15, 0.2) is 6.61 Å². The average Bonchev–Trinajstić information content (AvgIpc) is 2.66. The van der Waals surface area contributed by atoms with E-state index >= 15 is 0 Å². The van der Waals surface area contributed by atoms with Gasteiger partial charge in [-0.2, -0.15) is 0 Å². The molecule has 1 heterocycles. The summed E-state index contributed by atoms with van der Waals surface area (Å²) in [7, 11) is 0. The monoisotopic (exact) mass is 405 g/mol. The van der Waals surface area contributed by atoms with Crippen LogP contribution in [0.5, 0.6) is 5.75 Å². The van der Waals surface area contributed by atoms with Gasteiger partial charge in [0.05, 0.1) is 17.3 Å². The van der Waals surface area contributed by atoms with Crippen LogP contribution in [0.2, 0.25) is 5.02 Å². The molecule has 0 atom stereocenters. The number of aryl methyl sites for hydroxylation is 1. The summed E-state index contributed by atoms with van der Waals surface area (Å²) in [5.74, 6) is -1.07. The maximum absolute atomic E-state index is 13.3. The summed E-state index contributed by atoms with van der Waals surface area (Å²) in [6, 6.07) is 7.67. The number of aromatic nitrogens is 1. The zero-order valence-electron chi connectivity index (χ0n) is 15.4. The van der Waals surface area contributed by atoms with Gasteiger partial charge in [-0.1, -0.05) is 18.2 Å². The Kier molecular flexibility index (Phi) is 7.95. The molecule has 2 aromatic rings. The predicted octanol–water partition coefficient (Wildman–Crippen LogP) is 3.29. The molecule has 1 aromatic carbocycles. The Morgan fingerprint density at radius 3 is 2.71 bits per heavy atom. The van der Waals surface area contributed by atoms with Crippen LogP contribution in [0.4, 0.5) is 4.39 Å². The molecule has 0 saturated carbocycles. The standard InChI is InChI=1S/C20H21ClFN3O3/c1-13-7-8-23-15(9-13)11-24-19(26)6-3-14(2)25-20(27)12-28-16-4-5-17(21)18(22)10-16/h4-5,7-10H,2-3,6,11-12H2,1H3,(H,24,26)(H,25,27). The van der Waals surface area contributed by atoms with Gasteiger partial charge in [0.25, 0.3) is 5.91 Å². The van der Waals surface area contributed by atoms with Crippen LogP contribution in [-0.4, -0.2) is 23.4 Å². The summed E-state index contributed by atoms with van der Waals surface area (Å²) in [6.07, 6.45) is 2.15. The summed E-state index contributed by atoms with van der Waals surface area (Å²) in [5, 5.41) is 5.28. The van der Waals surface area contributed by atoms with Crippen LogP contribution in [-0.2, 0) is 16.1 Å². The van der Waals surface area contributed by atoms with Gasteiger partial charge in [0.1, 0.15) is 11.6 Å². The fourth-order valence-electron chi connectivity index (χ4n) is 2.25. The number of pyridine rings is 1. The lowest BCUT2D eigenvalue weighted by molar-refractivity contribution is -0.123. The van der Waals surface area contributed by atoms with Crippen molar-refractivity contribution in [2.45, 2.75) is 26.3 Å². The minimum Gasteiger partial charge on any atom is -0.484 e. The van der Waals surface area contributed by atoms with E-state index in [0.29, 0.717) is 12.2 Å². The summed E-state index contributed by atoms with van der Waals surface area (Å²) in [6.45, 7) is 5.70. The van der Waals surface area contributed by atoms with E-state index in [0.717, 1.165) is 17.3 Å². The molecule has 0 spiro atoms. The van der Waals surface area contributed by atoms with Crippen molar-refractivity contribution in [3.05, 3.63) is 70.9 Å². The molecule has 0 aliphatic heterocycles. The molecule has 0 bridgehead atoms. The number of carbonyl (C=O) groups excluding carboxylic acids is 2. The number of allylic oxidation sites excluding steroid dienone is 1. The molecule has 1 aromatic heterocycles. The highest BCUT2D eigenvalue weighted by molar-refractivity contribution is 6.30. The van der Waals surface area contributed by atoms with Crippen LogP contribution in [0.15, 0.2) is 48.8 Å². The van der Waals surface area contributed by atoms with Gasteiger partial charge in [-0.05, 0) is 43.2 Å². The van der Waals surface area contributed by atoms with Crippen LogP contribution >= 0.6 is 11.6 Å². The van der Waals surface area contributed by atoms with Crippen molar-refractivity contribution in [1.29, 1.82) is 0 Å². The molecule has 2 N–H and O–H groups in total. The second kappa shape index (κ2) is 10.4. The first-order chi connectivity index (χ1) is 13.3. The number of nitrogens with one attached hydrogen (secondary N) is 2. The minimum atomic E-state index is -0.629. The number of hydrogen-bond acceptors (Lipinski definition) is 4. The van der Waals surface area contributed by atoms with Gasteiger partial charge in [-0.15, -0.1) is 0 Å². The lowest BCUT2D eigenvalue weighted by atomic mass is 10.2. The Balaban J connectivity index is 1.66. The fourth-order valence-corrected chi connectivity index (χ4v) is 2.37. The van der Waals surface area contributed by atoms with Gasteiger partial charge >= 0.3 is 0 Å². The van der Waals surface area contributed by atoms with E-state index in [2.05, 4.69) is 22.2 Å². The highest BCUT2D eigenvalue weighted by atomic mass is 35.5. The molecule has 0 aliphatic rings. The third kappa shape index (κ3) is 7.36. The topological polar surface area (TPSA) is 80.3 Å². The molecule has 0 aliphatic carbocycles. The van der Waals surface area contributed by atoms with Gasteiger partial charge in [0, 0.05) is 24.4 Å². The Labute approximate surface area is 167 Å². The number of carbonyl (C=O) groups is 2. The first kappa shape index (κ1) is 21.4. The number of ether oxygens (including phenoxy) is 1. The number of rotatable bonds is 9. The minimum absolute atomic E-state index is 0.0263. The second-order valence-electron chi connectivity index (χ2n) is 6.12.